The summed E-state index contributed by atoms with van der Waals surface area (Å²) in [6.45, 7) is 4.48. The van der Waals surface area contributed by atoms with Gasteiger partial charge in [0.2, 0.25) is 0 Å². The van der Waals surface area contributed by atoms with E-state index in [9.17, 15) is 24.1 Å². The number of hydrogen-bond donors (Lipinski definition) is 3. The Kier molecular flexibility index (Phi) is 8.59. The van der Waals surface area contributed by atoms with E-state index in [4.69, 9.17) is 18.5 Å². The number of H-pyrrole nitrogens is 1. The summed E-state index contributed by atoms with van der Waals surface area (Å²) >= 11 is 0. The molecule has 0 spiro atoms. The molecule has 1 aromatic heterocycles. The number of rotatable bonds is 11. The van der Waals surface area contributed by atoms with Crippen molar-refractivity contribution in [1.82, 2.24) is 14.6 Å². The first kappa shape index (κ1) is 25.6. The second-order valence-corrected chi connectivity index (χ2v) is 9.11. The third-order valence-corrected chi connectivity index (χ3v) is 6.44. The minimum atomic E-state index is -4.15. The van der Waals surface area contributed by atoms with Gasteiger partial charge in [-0.05, 0) is 19.1 Å². The first-order chi connectivity index (χ1) is 16.2. The van der Waals surface area contributed by atoms with Crippen LogP contribution in [0.15, 0.2) is 64.8 Å². The highest BCUT2D eigenvalue weighted by molar-refractivity contribution is 7.52. The van der Waals surface area contributed by atoms with Crippen molar-refractivity contribution in [2.24, 2.45) is 0 Å². The molecule has 34 heavy (non-hydrogen) atoms. The van der Waals surface area contributed by atoms with Crippen LogP contribution in [0.4, 0.5) is 0 Å². The van der Waals surface area contributed by atoms with Crippen LogP contribution < -0.4 is 20.9 Å². The van der Waals surface area contributed by atoms with E-state index in [0.717, 1.165) is 10.6 Å². The molecule has 184 valence electrons. The fourth-order valence-corrected chi connectivity index (χ4v) is 4.63. The predicted molar refractivity (Wildman–Crippen MR) is 120 cm³/mol. The number of aliphatic hydroxyl groups excluding tert-OH is 1. The molecule has 2 heterocycles. The lowest BCUT2D eigenvalue weighted by Crippen LogP contribution is -2.36. The van der Waals surface area contributed by atoms with E-state index in [1.165, 1.54) is 19.2 Å². The van der Waals surface area contributed by atoms with Crippen LogP contribution in [0.5, 0.6) is 5.75 Å². The van der Waals surface area contributed by atoms with Crippen molar-refractivity contribution in [2.75, 3.05) is 13.2 Å². The molecule has 2 aromatic rings. The van der Waals surface area contributed by atoms with Gasteiger partial charge in [-0.15, -0.1) is 0 Å². The minimum absolute atomic E-state index is 0.0246. The first-order valence-electron chi connectivity index (χ1n) is 10.4. The van der Waals surface area contributed by atoms with Gasteiger partial charge in [0, 0.05) is 18.7 Å². The Labute approximate surface area is 194 Å². The SMILES string of the molecule is C=CCOC(=O)[C@H](C)NP(=O)(OC[C@@H]1O[C@H](n2ccc(=O)[nH]c2=O)C[C@H]1O)Oc1ccccc1. The van der Waals surface area contributed by atoms with Gasteiger partial charge < -0.3 is 19.1 Å². The van der Waals surface area contributed by atoms with Gasteiger partial charge in [-0.3, -0.25) is 23.7 Å². The Hall–Kier alpha value is -3.02. The van der Waals surface area contributed by atoms with E-state index in [0.29, 0.717) is 0 Å². The van der Waals surface area contributed by atoms with Crippen molar-refractivity contribution in [3.63, 3.8) is 0 Å². The Bertz CT molecular complexity index is 1150. The van der Waals surface area contributed by atoms with Crippen LogP contribution in [-0.4, -0.2) is 52.1 Å². The number of nitrogens with zero attached hydrogens (tertiary/aromatic N) is 1. The maximum Gasteiger partial charge on any atom is 0.459 e. The third-order valence-electron chi connectivity index (χ3n) is 4.79. The summed E-state index contributed by atoms with van der Waals surface area (Å²) in [5.41, 5.74) is -1.26. The van der Waals surface area contributed by atoms with Gasteiger partial charge in [-0.2, -0.15) is 5.09 Å². The molecule has 0 bridgehead atoms. The molecule has 0 aliphatic carbocycles. The highest BCUT2D eigenvalue weighted by Gasteiger charge is 2.39. The van der Waals surface area contributed by atoms with Crippen molar-refractivity contribution in [2.45, 2.75) is 37.8 Å². The Morgan fingerprint density at radius 2 is 2.12 bits per heavy atom. The number of ether oxygens (including phenoxy) is 2. The summed E-state index contributed by atoms with van der Waals surface area (Å²) < 4.78 is 36.3. The molecule has 3 N–H and O–H groups in total. The van der Waals surface area contributed by atoms with Crippen molar-refractivity contribution in [1.29, 1.82) is 0 Å². The molecule has 12 nitrogen and oxygen atoms in total. The molecule has 1 aliphatic heterocycles. The zero-order valence-electron chi connectivity index (χ0n) is 18.4. The quantitative estimate of drug-likeness (QED) is 0.234. The van der Waals surface area contributed by atoms with Gasteiger partial charge >= 0.3 is 19.4 Å². The number of aromatic nitrogens is 2. The Morgan fingerprint density at radius 1 is 1.38 bits per heavy atom. The van der Waals surface area contributed by atoms with Crippen molar-refractivity contribution >= 4 is 13.7 Å². The van der Waals surface area contributed by atoms with Crippen LogP contribution in [0.1, 0.15) is 19.6 Å². The number of aromatic amines is 1. The largest absolute Gasteiger partial charge is 0.460 e. The molecule has 0 radical (unpaired) electrons. The van der Waals surface area contributed by atoms with Crippen LogP contribution in [0.2, 0.25) is 0 Å². The predicted octanol–water partition coefficient (Wildman–Crippen LogP) is 1.10. The van der Waals surface area contributed by atoms with Crippen molar-refractivity contribution in [3.05, 3.63) is 76.1 Å². The van der Waals surface area contributed by atoms with Gasteiger partial charge in [-0.1, -0.05) is 30.9 Å². The molecule has 5 atom stereocenters. The topological polar surface area (TPSA) is 158 Å². The number of aliphatic hydroxyl groups is 1. The molecule has 1 aromatic carbocycles. The second-order valence-electron chi connectivity index (χ2n) is 7.42. The van der Waals surface area contributed by atoms with Gasteiger partial charge in [-0.25, -0.2) is 9.36 Å². The van der Waals surface area contributed by atoms with Gasteiger partial charge in [0.1, 0.15) is 30.7 Å². The van der Waals surface area contributed by atoms with E-state index in [2.05, 4.69) is 16.7 Å². The smallest absolute Gasteiger partial charge is 0.459 e. The number of nitrogens with one attached hydrogen (secondary N) is 2. The second kappa shape index (κ2) is 11.4. The average Bonchev–Trinajstić information content (AvgIpc) is 3.16. The molecule has 13 heteroatoms. The van der Waals surface area contributed by atoms with Crippen molar-refractivity contribution < 1.29 is 33.0 Å². The number of para-hydroxylation sites is 1. The lowest BCUT2D eigenvalue weighted by atomic mass is 10.2. The zero-order chi connectivity index (χ0) is 24.7. The summed E-state index contributed by atoms with van der Waals surface area (Å²) in [7, 11) is -4.15. The number of hydrogen-bond acceptors (Lipinski definition) is 9. The maximum absolute atomic E-state index is 13.5. The number of carbonyl (C=O) groups is 1. The Balaban J connectivity index is 1.71. The first-order valence-corrected chi connectivity index (χ1v) is 11.9. The van der Waals surface area contributed by atoms with E-state index >= 15 is 0 Å². The highest BCUT2D eigenvalue weighted by atomic mass is 31.2. The summed E-state index contributed by atoms with van der Waals surface area (Å²) in [5.74, 6) is -0.481. The summed E-state index contributed by atoms with van der Waals surface area (Å²) in [5, 5.41) is 12.9. The van der Waals surface area contributed by atoms with Crippen LogP contribution in [-0.2, 0) is 23.4 Å². The standard InChI is InChI=1S/C21H26N3O9P/c1-3-11-30-20(27)14(2)23-34(29,33-15-7-5-4-6-8-15)31-13-17-16(25)12-19(32-17)24-10-9-18(26)22-21(24)28/h3-10,14,16-17,19,25H,1,11-13H2,2H3,(H,23,29)(H,22,26,28)/t14-,16+,17-,19-,34?/m0/s1. The van der Waals surface area contributed by atoms with E-state index in [-0.39, 0.29) is 25.4 Å². The van der Waals surface area contributed by atoms with Crippen LogP contribution in [0, 0.1) is 0 Å². The van der Waals surface area contributed by atoms with Gasteiger partial charge in [0.25, 0.3) is 5.56 Å². The maximum atomic E-state index is 13.5. The fraction of sp³-hybridized carbons (Fsp3) is 0.381. The van der Waals surface area contributed by atoms with Crippen LogP contribution in [0.25, 0.3) is 0 Å². The monoisotopic (exact) mass is 495 g/mol. The van der Waals surface area contributed by atoms with Gasteiger partial charge in [0.15, 0.2) is 0 Å². The highest BCUT2D eigenvalue weighted by Crippen LogP contribution is 2.45. The third kappa shape index (κ3) is 6.75. The van der Waals surface area contributed by atoms with Crippen LogP contribution >= 0.6 is 7.75 Å². The normalized spacial score (nSPS) is 22.5. The lowest BCUT2D eigenvalue weighted by Gasteiger charge is -2.24. The molecule has 1 unspecified atom stereocenters. The minimum Gasteiger partial charge on any atom is -0.460 e. The van der Waals surface area contributed by atoms with E-state index in [1.54, 1.807) is 30.3 Å². The summed E-state index contributed by atoms with van der Waals surface area (Å²) in [4.78, 5) is 37.5. The molecular formula is C21H26N3O9P. The lowest BCUT2D eigenvalue weighted by molar-refractivity contribution is -0.144. The van der Waals surface area contributed by atoms with E-state index < -0.39 is 49.4 Å². The van der Waals surface area contributed by atoms with Crippen LogP contribution in [0.3, 0.4) is 0 Å². The number of benzene rings is 1. The molecule has 1 fully saturated rings. The molecule has 0 amide bonds. The average molecular weight is 495 g/mol. The molecular weight excluding hydrogens is 469 g/mol. The van der Waals surface area contributed by atoms with Gasteiger partial charge in [0.05, 0.1) is 12.7 Å². The molecule has 3 rings (SSSR count). The zero-order valence-corrected chi connectivity index (χ0v) is 19.3. The molecule has 1 aliphatic rings. The fourth-order valence-electron chi connectivity index (χ4n) is 3.13. The van der Waals surface area contributed by atoms with E-state index in [1.807, 2.05) is 0 Å². The molecule has 1 saturated heterocycles. The summed E-state index contributed by atoms with van der Waals surface area (Å²) in [6.07, 6.45) is -0.233. The number of carbonyl (C=O) groups excluding carboxylic acids is 1. The Morgan fingerprint density at radius 3 is 2.79 bits per heavy atom. The summed E-state index contributed by atoms with van der Waals surface area (Å²) in [6, 6.07) is 8.27. The van der Waals surface area contributed by atoms with Crippen molar-refractivity contribution in [3.8, 4) is 5.75 Å². The number of esters is 1. The molecule has 0 saturated carbocycles.